The molecule has 1 aliphatic rings. The average Bonchev–Trinajstić information content (AvgIpc) is 3.34. The zero-order valence-electron chi connectivity index (χ0n) is 13.8. The summed E-state index contributed by atoms with van der Waals surface area (Å²) in [5.41, 5.74) is 1.86. The number of nitrogens with one attached hydrogen (secondary N) is 1. The molecule has 0 aromatic carbocycles. The second-order valence-corrected chi connectivity index (χ2v) is 6.95. The van der Waals surface area contributed by atoms with Crippen LogP contribution >= 0.6 is 11.3 Å². The fraction of sp³-hybridized carbons (Fsp3) is 0.333. The van der Waals surface area contributed by atoms with Gasteiger partial charge in [0.15, 0.2) is 5.01 Å². The number of nitrogens with zero attached hydrogens (tertiary/aromatic N) is 4. The van der Waals surface area contributed by atoms with E-state index in [1.165, 1.54) is 24.2 Å². The largest absolute Gasteiger partial charge is 0.474 e. The molecule has 128 valence electrons. The lowest BCUT2D eigenvalue weighted by Gasteiger charge is -2.15. The van der Waals surface area contributed by atoms with E-state index >= 15 is 0 Å². The Balaban J connectivity index is 1.42. The Morgan fingerprint density at radius 2 is 1.92 bits per heavy atom. The molecule has 0 amide bonds. The van der Waals surface area contributed by atoms with Crippen molar-refractivity contribution in [3.8, 4) is 16.6 Å². The molecule has 1 aliphatic carbocycles. The van der Waals surface area contributed by atoms with Crippen molar-refractivity contribution in [2.24, 2.45) is 0 Å². The van der Waals surface area contributed by atoms with Crippen LogP contribution in [0.2, 0.25) is 0 Å². The van der Waals surface area contributed by atoms with Crippen LogP contribution < -0.4 is 10.1 Å². The van der Waals surface area contributed by atoms with E-state index < -0.39 is 0 Å². The van der Waals surface area contributed by atoms with Crippen molar-refractivity contribution in [3.63, 3.8) is 0 Å². The lowest BCUT2D eigenvalue weighted by atomic mass is 10.2. The normalized spacial score (nSPS) is 14.6. The van der Waals surface area contributed by atoms with E-state index in [2.05, 4.69) is 25.5 Å². The second-order valence-electron chi connectivity index (χ2n) is 5.97. The lowest BCUT2D eigenvalue weighted by Crippen LogP contribution is -2.14. The Morgan fingerprint density at radius 3 is 2.76 bits per heavy atom. The summed E-state index contributed by atoms with van der Waals surface area (Å²) >= 11 is 1.49. The van der Waals surface area contributed by atoms with Crippen molar-refractivity contribution >= 4 is 16.5 Å². The van der Waals surface area contributed by atoms with Crippen LogP contribution in [0.3, 0.4) is 0 Å². The summed E-state index contributed by atoms with van der Waals surface area (Å²) in [6.45, 7) is 0.604. The number of hydrogen-bond donors (Lipinski definition) is 1. The van der Waals surface area contributed by atoms with Gasteiger partial charge in [-0.2, -0.15) is 0 Å². The van der Waals surface area contributed by atoms with E-state index in [0.29, 0.717) is 12.6 Å². The van der Waals surface area contributed by atoms with Gasteiger partial charge in [-0.3, -0.25) is 4.98 Å². The molecule has 0 atom stereocenters. The van der Waals surface area contributed by atoms with Crippen molar-refractivity contribution in [3.05, 3.63) is 48.3 Å². The van der Waals surface area contributed by atoms with Gasteiger partial charge in [-0.25, -0.2) is 4.98 Å². The molecular weight excluding hydrogens is 334 g/mol. The number of rotatable bonds is 6. The summed E-state index contributed by atoms with van der Waals surface area (Å²) in [4.78, 5) is 8.70. The summed E-state index contributed by atoms with van der Waals surface area (Å²) in [5, 5.41) is 13.3. The fourth-order valence-corrected chi connectivity index (χ4v) is 3.60. The van der Waals surface area contributed by atoms with Crippen LogP contribution in [0.5, 0.6) is 5.88 Å². The Morgan fingerprint density at radius 1 is 1.04 bits per heavy atom. The van der Waals surface area contributed by atoms with Crippen LogP contribution in [0.25, 0.3) is 10.7 Å². The monoisotopic (exact) mass is 353 g/mol. The first-order valence-corrected chi connectivity index (χ1v) is 9.29. The second kappa shape index (κ2) is 7.57. The van der Waals surface area contributed by atoms with Gasteiger partial charge in [-0.15, -0.1) is 10.2 Å². The fourth-order valence-electron chi connectivity index (χ4n) is 2.89. The van der Waals surface area contributed by atoms with Crippen molar-refractivity contribution < 1.29 is 4.74 Å². The van der Waals surface area contributed by atoms with Crippen LogP contribution in [0.1, 0.15) is 31.2 Å². The molecular formula is C18H19N5OS. The number of hydrogen-bond acceptors (Lipinski definition) is 7. The number of pyridine rings is 2. The van der Waals surface area contributed by atoms with Gasteiger partial charge >= 0.3 is 0 Å². The maximum absolute atomic E-state index is 6.08. The van der Waals surface area contributed by atoms with E-state index in [0.717, 1.165) is 40.1 Å². The molecule has 0 bridgehead atoms. The molecule has 0 aliphatic heterocycles. The predicted octanol–water partition coefficient (Wildman–Crippen LogP) is 3.93. The average molecular weight is 353 g/mol. The summed E-state index contributed by atoms with van der Waals surface area (Å²) in [6.07, 6.45) is 8.55. The molecule has 0 unspecified atom stereocenters. The van der Waals surface area contributed by atoms with E-state index in [-0.39, 0.29) is 0 Å². The SMILES string of the molecule is c1ccc(-c2nnc(NCc3cccnc3OC3CCCC3)s2)nc1. The third-order valence-corrected chi connectivity index (χ3v) is 5.07. The highest BCUT2D eigenvalue weighted by Crippen LogP contribution is 2.27. The van der Waals surface area contributed by atoms with Crippen molar-refractivity contribution in [1.29, 1.82) is 0 Å². The van der Waals surface area contributed by atoms with Gasteiger partial charge in [0.05, 0.1) is 0 Å². The van der Waals surface area contributed by atoms with Gasteiger partial charge in [0.25, 0.3) is 0 Å². The third-order valence-electron chi connectivity index (χ3n) is 4.17. The van der Waals surface area contributed by atoms with Gasteiger partial charge in [-0.1, -0.05) is 23.5 Å². The number of ether oxygens (including phenoxy) is 1. The van der Waals surface area contributed by atoms with Crippen molar-refractivity contribution in [2.45, 2.75) is 38.3 Å². The van der Waals surface area contributed by atoms with Crippen LogP contribution in [0.4, 0.5) is 5.13 Å². The van der Waals surface area contributed by atoms with E-state index in [9.17, 15) is 0 Å². The van der Waals surface area contributed by atoms with Gasteiger partial charge < -0.3 is 10.1 Å². The maximum atomic E-state index is 6.08. The molecule has 0 saturated heterocycles. The molecule has 0 radical (unpaired) electrons. The van der Waals surface area contributed by atoms with E-state index in [1.54, 1.807) is 12.4 Å². The third kappa shape index (κ3) is 3.93. The van der Waals surface area contributed by atoms with Gasteiger partial charge in [0, 0.05) is 24.5 Å². The smallest absolute Gasteiger partial charge is 0.218 e. The Hall–Kier alpha value is -2.54. The first kappa shape index (κ1) is 16.0. The standard InChI is InChI=1S/C18H19N5OS/c1-2-8-14(7-1)24-16-13(6-5-11-20-16)12-21-18-23-22-17(25-18)15-9-3-4-10-19-15/h3-6,9-11,14H,1-2,7-8,12H2,(H,21,23). The number of aromatic nitrogens is 4. The summed E-state index contributed by atoms with van der Waals surface area (Å²) < 4.78 is 6.08. The lowest BCUT2D eigenvalue weighted by molar-refractivity contribution is 0.199. The molecule has 25 heavy (non-hydrogen) atoms. The molecule has 1 N–H and O–H groups in total. The quantitative estimate of drug-likeness (QED) is 0.724. The van der Waals surface area contributed by atoms with Gasteiger partial charge in [0.2, 0.25) is 11.0 Å². The Labute approximate surface area is 150 Å². The maximum Gasteiger partial charge on any atom is 0.218 e. The molecule has 3 heterocycles. The Kier molecular flexibility index (Phi) is 4.83. The number of anilines is 1. The van der Waals surface area contributed by atoms with Crippen LogP contribution in [-0.4, -0.2) is 26.3 Å². The highest BCUT2D eigenvalue weighted by Gasteiger charge is 2.18. The van der Waals surface area contributed by atoms with Crippen LogP contribution in [0.15, 0.2) is 42.7 Å². The van der Waals surface area contributed by atoms with Gasteiger partial charge in [0.1, 0.15) is 11.8 Å². The summed E-state index contributed by atoms with van der Waals surface area (Å²) in [5.74, 6) is 0.719. The molecule has 1 fully saturated rings. The van der Waals surface area contributed by atoms with Crippen LogP contribution in [-0.2, 0) is 6.54 Å². The summed E-state index contributed by atoms with van der Waals surface area (Å²) in [7, 11) is 0. The highest BCUT2D eigenvalue weighted by atomic mass is 32.1. The molecule has 0 spiro atoms. The minimum atomic E-state index is 0.297. The molecule has 7 heteroatoms. The van der Waals surface area contributed by atoms with Crippen molar-refractivity contribution in [2.75, 3.05) is 5.32 Å². The first-order chi connectivity index (χ1) is 12.4. The van der Waals surface area contributed by atoms with Crippen LogP contribution in [0, 0.1) is 0 Å². The van der Waals surface area contributed by atoms with E-state index in [1.807, 2.05) is 30.3 Å². The predicted molar refractivity (Wildman–Crippen MR) is 97.6 cm³/mol. The first-order valence-electron chi connectivity index (χ1n) is 8.48. The zero-order valence-corrected chi connectivity index (χ0v) is 14.6. The van der Waals surface area contributed by atoms with Gasteiger partial charge in [-0.05, 0) is 43.9 Å². The zero-order chi connectivity index (χ0) is 16.9. The summed E-state index contributed by atoms with van der Waals surface area (Å²) in [6, 6.07) is 9.72. The van der Waals surface area contributed by atoms with Crippen molar-refractivity contribution in [1.82, 2.24) is 20.2 Å². The minimum Gasteiger partial charge on any atom is -0.474 e. The molecule has 4 rings (SSSR count). The molecule has 6 nitrogen and oxygen atoms in total. The highest BCUT2D eigenvalue weighted by molar-refractivity contribution is 7.18. The topological polar surface area (TPSA) is 72.8 Å². The minimum absolute atomic E-state index is 0.297. The van der Waals surface area contributed by atoms with E-state index in [4.69, 9.17) is 4.74 Å². The molecule has 3 aromatic heterocycles. The molecule has 1 saturated carbocycles. The molecule has 3 aromatic rings. The Bertz CT molecular complexity index is 817.